The molecule has 1 atom stereocenters. The standard InChI is InChI=1S/C20H24O3/c1-13-14(2)19-17(10-11-20(4,21)23-19)15(3)18(13)22-12-16-8-6-5-7-9-16/h5-9,21H,10-12H2,1-4H3. The van der Waals surface area contributed by atoms with E-state index in [0.717, 1.165) is 45.7 Å². The fourth-order valence-electron chi connectivity index (χ4n) is 3.17. The zero-order chi connectivity index (χ0) is 16.6. The van der Waals surface area contributed by atoms with Gasteiger partial charge in [0.2, 0.25) is 5.79 Å². The number of ether oxygens (including phenoxy) is 2. The quantitative estimate of drug-likeness (QED) is 0.922. The maximum Gasteiger partial charge on any atom is 0.205 e. The van der Waals surface area contributed by atoms with Gasteiger partial charge in [-0.3, -0.25) is 0 Å². The van der Waals surface area contributed by atoms with Crippen LogP contribution in [0.1, 0.15) is 41.2 Å². The molecule has 122 valence electrons. The van der Waals surface area contributed by atoms with Gasteiger partial charge in [-0.2, -0.15) is 0 Å². The van der Waals surface area contributed by atoms with E-state index in [1.165, 1.54) is 0 Å². The van der Waals surface area contributed by atoms with Crippen molar-refractivity contribution >= 4 is 0 Å². The van der Waals surface area contributed by atoms with Crippen LogP contribution in [0.2, 0.25) is 0 Å². The van der Waals surface area contributed by atoms with Crippen molar-refractivity contribution in [3.05, 3.63) is 58.1 Å². The topological polar surface area (TPSA) is 38.7 Å². The summed E-state index contributed by atoms with van der Waals surface area (Å²) in [7, 11) is 0. The van der Waals surface area contributed by atoms with Crippen molar-refractivity contribution in [2.24, 2.45) is 0 Å². The van der Waals surface area contributed by atoms with Gasteiger partial charge in [-0.1, -0.05) is 30.3 Å². The highest BCUT2D eigenvalue weighted by atomic mass is 16.6. The minimum atomic E-state index is -1.08. The molecule has 23 heavy (non-hydrogen) atoms. The first-order valence-corrected chi connectivity index (χ1v) is 8.10. The van der Waals surface area contributed by atoms with E-state index >= 15 is 0 Å². The highest BCUT2D eigenvalue weighted by Gasteiger charge is 2.32. The van der Waals surface area contributed by atoms with E-state index in [0.29, 0.717) is 13.0 Å². The lowest BCUT2D eigenvalue weighted by Gasteiger charge is -2.34. The van der Waals surface area contributed by atoms with E-state index in [-0.39, 0.29) is 0 Å². The molecule has 3 heteroatoms. The second-order valence-electron chi connectivity index (χ2n) is 6.56. The lowest BCUT2D eigenvalue weighted by molar-refractivity contribution is -0.134. The Kier molecular flexibility index (Phi) is 4.07. The third-order valence-corrected chi connectivity index (χ3v) is 4.70. The Bertz CT molecular complexity index is 718. The number of fused-ring (bicyclic) bond motifs is 1. The third-order valence-electron chi connectivity index (χ3n) is 4.70. The molecule has 0 bridgehead atoms. The van der Waals surface area contributed by atoms with Crippen LogP contribution in [0.5, 0.6) is 11.5 Å². The van der Waals surface area contributed by atoms with E-state index in [4.69, 9.17) is 9.47 Å². The summed E-state index contributed by atoms with van der Waals surface area (Å²) >= 11 is 0. The monoisotopic (exact) mass is 312 g/mol. The fourth-order valence-corrected chi connectivity index (χ4v) is 3.17. The van der Waals surface area contributed by atoms with Crippen LogP contribution in [0, 0.1) is 20.8 Å². The summed E-state index contributed by atoms with van der Waals surface area (Å²) in [5, 5.41) is 10.2. The first-order valence-electron chi connectivity index (χ1n) is 8.10. The summed E-state index contributed by atoms with van der Waals surface area (Å²) < 4.78 is 12.0. The van der Waals surface area contributed by atoms with Crippen LogP contribution < -0.4 is 9.47 Å². The zero-order valence-electron chi connectivity index (χ0n) is 14.3. The average molecular weight is 312 g/mol. The van der Waals surface area contributed by atoms with E-state index in [1.807, 2.05) is 25.1 Å². The van der Waals surface area contributed by atoms with Gasteiger partial charge in [0.05, 0.1) is 0 Å². The Balaban J connectivity index is 1.95. The highest BCUT2D eigenvalue weighted by Crippen LogP contribution is 2.43. The molecule has 2 aromatic carbocycles. The molecule has 0 aliphatic carbocycles. The van der Waals surface area contributed by atoms with Crippen LogP contribution in [0.3, 0.4) is 0 Å². The Morgan fingerprint density at radius 3 is 2.48 bits per heavy atom. The van der Waals surface area contributed by atoms with Crippen molar-refractivity contribution in [1.82, 2.24) is 0 Å². The van der Waals surface area contributed by atoms with Gasteiger partial charge in [-0.05, 0) is 49.4 Å². The minimum absolute atomic E-state index is 0.555. The molecule has 3 nitrogen and oxygen atoms in total. The van der Waals surface area contributed by atoms with Gasteiger partial charge in [-0.15, -0.1) is 0 Å². The fraction of sp³-hybridized carbons (Fsp3) is 0.400. The number of hydrogen-bond acceptors (Lipinski definition) is 3. The molecule has 3 rings (SSSR count). The first kappa shape index (κ1) is 15.9. The Morgan fingerprint density at radius 2 is 1.78 bits per heavy atom. The molecule has 1 heterocycles. The molecule has 0 saturated heterocycles. The normalized spacial score (nSPS) is 19.9. The van der Waals surface area contributed by atoms with Crippen molar-refractivity contribution in [3.63, 3.8) is 0 Å². The van der Waals surface area contributed by atoms with Gasteiger partial charge in [0.15, 0.2) is 0 Å². The van der Waals surface area contributed by atoms with Crippen LogP contribution >= 0.6 is 0 Å². The predicted octanol–water partition coefficient (Wildman–Crippen LogP) is 4.22. The summed E-state index contributed by atoms with van der Waals surface area (Å²) in [6.45, 7) is 8.44. The van der Waals surface area contributed by atoms with Crippen molar-refractivity contribution < 1.29 is 14.6 Å². The second kappa shape index (κ2) is 5.89. The van der Waals surface area contributed by atoms with Gasteiger partial charge in [-0.25, -0.2) is 0 Å². The molecule has 1 aliphatic rings. The van der Waals surface area contributed by atoms with E-state index in [2.05, 4.69) is 26.0 Å². The second-order valence-corrected chi connectivity index (χ2v) is 6.56. The van der Waals surface area contributed by atoms with Crippen molar-refractivity contribution in [1.29, 1.82) is 0 Å². The zero-order valence-corrected chi connectivity index (χ0v) is 14.3. The Hall–Kier alpha value is -2.00. The van der Waals surface area contributed by atoms with Crippen LogP contribution in [0.4, 0.5) is 0 Å². The highest BCUT2D eigenvalue weighted by molar-refractivity contribution is 5.58. The van der Waals surface area contributed by atoms with Crippen LogP contribution in [0.15, 0.2) is 30.3 Å². The summed E-state index contributed by atoms with van der Waals surface area (Å²) in [6.07, 6.45) is 1.40. The molecule has 1 N–H and O–H groups in total. The molecular formula is C20H24O3. The predicted molar refractivity (Wildman–Crippen MR) is 91.0 cm³/mol. The molecule has 1 aliphatic heterocycles. The smallest absolute Gasteiger partial charge is 0.205 e. The molecule has 1 unspecified atom stereocenters. The molecule has 0 aromatic heterocycles. The molecule has 0 amide bonds. The summed E-state index contributed by atoms with van der Waals surface area (Å²) in [5.41, 5.74) is 5.56. The third kappa shape index (κ3) is 3.06. The van der Waals surface area contributed by atoms with E-state index < -0.39 is 5.79 Å². The van der Waals surface area contributed by atoms with Gasteiger partial charge in [0, 0.05) is 18.9 Å². The minimum Gasteiger partial charge on any atom is -0.488 e. The average Bonchev–Trinajstić information content (AvgIpc) is 2.53. The number of aliphatic hydroxyl groups is 1. The SMILES string of the molecule is Cc1c(C)c2c(c(C)c1OCc1ccccc1)CCC(C)(O)O2. The Labute approximate surface area is 137 Å². The molecule has 0 radical (unpaired) electrons. The summed E-state index contributed by atoms with van der Waals surface area (Å²) in [5.74, 6) is 0.682. The lowest BCUT2D eigenvalue weighted by atomic mass is 9.91. The van der Waals surface area contributed by atoms with Gasteiger partial charge in [0.25, 0.3) is 0 Å². The maximum atomic E-state index is 10.2. The van der Waals surface area contributed by atoms with E-state index in [1.54, 1.807) is 6.92 Å². The van der Waals surface area contributed by atoms with Crippen LogP contribution in [0.25, 0.3) is 0 Å². The Morgan fingerprint density at radius 1 is 1.09 bits per heavy atom. The maximum absolute atomic E-state index is 10.2. The first-order chi connectivity index (χ1) is 10.9. The molecule has 2 aromatic rings. The van der Waals surface area contributed by atoms with Crippen molar-refractivity contribution in [3.8, 4) is 11.5 Å². The molecule has 0 spiro atoms. The van der Waals surface area contributed by atoms with Gasteiger partial charge >= 0.3 is 0 Å². The van der Waals surface area contributed by atoms with Crippen molar-refractivity contribution in [2.45, 2.75) is 52.9 Å². The van der Waals surface area contributed by atoms with E-state index in [9.17, 15) is 5.11 Å². The van der Waals surface area contributed by atoms with Crippen LogP contribution in [-0.4, -0.2) is 10.9 Å². The lowest BCUT2D eigenvalue weighted by Crippen LogP contribution is -2.36. The largest absolute Gasteiger partial charge is 0.488 e. The van der Waals surface area contributed by atoms with Gasteiger partial charge in [0.1, 0.15) is 18.1 Å². The van der Waals surface area contributed by atoms with Crippen LogP contribution in [-0.2, 0) is 13.0 Å². The number of hydrogen-bond donors (Lipinski definition) is 1. The van der Waals surface area contributed by atoms with Crippen molar-refractivity contribution in [2.75, 3.05) is 0 Å². The summed E-state index contributed by atoms with van der Waals surface area (Å²) in [4.78, 5) is 0. The summed E-state index contributed by atoms with van der Waals surface area (Å²) in [6, 6.07) is 10.2. The number of benzene rings is 2. The molecule has 0 saturated carbocycles. The molecule has 0 fully saturated rings. The number of rotatable bonds is 3. The van der Waals surface area contributed by atoms with Gasteiger partial charge < -0.3 is 14.6 Å². The molecular weight excluding hydrogens is 288 g/mol.